The van der Waals surface area contributed by atoms with Gasteiger partial charge in [-0.1, -0.05) is 18.5 Å². The van der Waals surface area contributed by atoms with Gasteiger partial charge >= 0.3 is 0 Å². The Kier molecular flexibility index (Phi) is 4.49. The molecule has 22 heavy (non-hydrogen) atoms. The fourth-order valence-corrected chi connectivity index (χ4v) is 3.91. The van der Waals surface area contributed by atoms with Crippen LogP contribution in [0.4, 0.5) is 0 Å². The maximum Gasteiger partial charge on any atom is 0.224 e. The first-order valence-corrected chi connectivity index (χ1v) is 8.62. The van der Waals surface area contributed by atoms with E-state index in [-0.39, 0.29) is 11.3 Å². The third-order valence-electron chi connectivity index (χ3n) is 4.36. The highest BCUT2D eigenvalue weighted by atomic mass is 35.5. The van der Waals surface area contributed by atoms with Crippen LogP contribution in [0.3, 0.4) is 0 Å². The lowest BCUT2D eigenvalue weighted by Gasteiger charge is -2.38. The van der Waals surface area contributed by atoms with E-state index >= 15 is 0 Å². The zero-order valence-electron chi connectivity index (χ0n) is 12.5. The summed E-state index contributed by atoms with van der Waals surface area (Å²) >= 11 is 7.55. The first-order chi connectivity index (χ1) is 10.6. The fraction of sp³-hybridized carbons (Fsp3) is 0.533. The van der Waals surface area contributed by atoms with E-state index < -0.39 is 0 Å². The molecule has 3 rings (SSSR count). The number of carbonyl (C=O) groups is 1. The van der Waals surface area contributed by atoms with Gasteiger partial charge in [-0.3, -0.25) is 4.79 Å². The Balaban J connectivity index is 1.53. The zero-order valence-corrected chi connectivity index (χ0v) is 14.1. The number of hydrogen-bond acceptors (Lipinski definition) is 4. The number of carbonyl (C=O) groups excluding carboxylic acids is 1. The number of thiazole rings is 1. The smallest absolute Gasteiger partial charge is 0.224 e. The van der Waals surface area contributed by atoms with Gasteiger partial charge in [0.15, 0.2) is 0 Å². The number of imidazole rings is 1. The molecule has 1 aliphatic heterocycles. The molecule has 5 nitrogen and oxygen atoms in total. The summed E-state index contributed by atoms with van der Waals surface area (Å²) in [5, 5.41) is 1.09. The minimum atomic E-state index is 0.0406. The van der Waals surface area contributed by atoms with Crippen LogP contribution in [0.1, 0.15) is 31.2 Å². The molecule has 0 N–H and O–H groups in total. The van der Waals surface area contributed by atoms with Crippen molar-refractivity contribution < 1.29 is 4.79 Å². The van der Waals surface area contributed by atoms with Crippen LogP contribution in [0.15, 0.2) is 24.9 Å². The highest BCUT2D eigenvalue weighted by molar-refractivity contribution is 7.15. The van der Waals surface area contributed by atoms with E-state index in [9.17, 15) is 4.79 Å². The number of aromatic nitrogens is 3. The standard InChI is InChI=1S/C15H19ClN4OS/c1-15(14-18-10-12(16)22-14)3-7-20(8-4-15)13(21)2-6-19-9-5-17-11-19/h5,9-11H,2-4,6-8H2,1H3. The fourth-order valence-electron chi connectivity index (χ4n) is 2.80. The van der Waals surface area contributed by atoms with Gasteiger partial charge in [-0.15, -0.1) is 11.3 Å². The van der Waals surface area contributed by atoms with E-state index in [0.29, 0.717) is 13.0 Å². The van der Waals surface area contributed by atoms with Gasteiger partial charge in [-0.25, -0.2) is 9.97 Å². The third-order valence-corrected chi connectivity index (χ3v) is 5.78. The first kappa shape index (κ1) is 15.5. The number of likely N-dealkylation sites (tertiary alicyclic amines) is 1. The molecule has 0 aliphatic carbocycles. The van der Waals surface area contributed by atoms with E-state index in [1.807, 2.05) is 15.7 Å². The number of piperidine rings is 1. The lowest BCUT2D eigenvalue weighted by Crippen LogP contribution is -2.44. The summed E-state index contributed by atoms with van der Waals surface area (Å²) in [5.74, 6) is 0.216. The number of amides is 1. The van der Waals surface area contributed by atoms with Gasteiger partial charge in [0.1, 0.15) is 9.34 Å². The van der Waals surface area contributed by atoms with E-state index in [0.717, 1.165) is 35.3 Å². The molecule has 118 valence electrons. The number of aryl methyl sites for hydroxylation is 1. The number of nitrogens with zero attached hydrogens (tertiary/aromatic N) is 4. The summed E-state index contributed by atoms with van der Waals surface area (Å²) < 4.78 is 2.67. The second-order valence-electron chi connectivity index (χ2n) is 5.96. The molecule has 0 unspecified atom stereocenters. The van der Waals surface area contributed by atoms with E-state index in [1.165, 1.54) is 0 Å². The molecule has 2 aromatic rings. The summed E-state index contributed by atoms with van der Waals surface area (Å²) in [4.78, 5) is 22.7. The number of halogens is 1. The molecule has 7 heteroatoms. The molecule has 0 spiro atoms. The molecule has 2 aromatic heterocycles. The van der Waals surface area contributed by atoms with Crippen LogP contribution in [0, 0.1) is 0 Å². The van der Waals surface area contributed by atoms with Crippen LogP contribution in [0.5, 0.6) is 0 Å². The Bertz CT molecular complexity index is 632. The zero-order chi connectivity index (χ0) is 15.6. The lowest BCUT2D eigenvalue weighted by atomic mass is 9.81. The van der Waals surface area contributed by atoms with E-state index in [4.69, 9.17) is 11.6 Å². The predicted molar refractivity (Wildman–Crippen MR) is 87.1 cm³/mol. The van der Waals surface area contributed by atoms with Crippen molar-refractivity contribution in [1.82, 2.24) is 19.4 Å². The molecule has 0 aromatic carbocycles. The van der Waals surface area contributed by atoms with Crippen LogP contribution < -0.4 is 0 Å². The first-order valence-electron chi connectivity index (χ1n) is 7.42. The van der Waals surface area contributed by atoms with Crippen LogP contribution in [-0.2, 0) is 16.8 Å². The Morgan fingerprint density at radius 1 is 1.45 bits per heavy atom. The minimum Gasteiger partial charge on any atom is -0.343 e. The van der Waals surface area contributed by atoms with Crippen molar-refractivity contribution in [3.8, 4) is 0 Å². The Morgan fingerprint density at radius 3 is 2.82 bits per heavy atom. The van der Waals surface area contributed by atoms with Crippen molar-refractivity contribution in [1.29, 1.82) is 0 Å². The normalized spacial score (nSPS) is 17.6. The average Bonchev–Trinajstić information content (AvgIpc) is 3.17. The van der Waals surface area contributed by atoms with Crippen molar-refractivity contribution >= 4 is 28.8 Å². The number of hydrogen-bond donors (Lipinski definition) is 0. The Hall–Kier alpha value is -1.40. The molecule has 1 amide bonds. The van der Waals surface area contributed by atoms with Crippen molar-refractivity contribution in [2.24, 2.45) is 0 Å². The van der Waals surface area contributed by atoms with E-state index in [2.05, 4.69) is 16.9 Å². The average molecular weight is 339 g/mol. The van der Waals surface area contributed by atoms with Gasteiger partial charge < -0.3 is 9.47 Å². The molecule has 3 heterocycles. The molecule has 0 saturated carbocycles. The summed E-state index contributed by atoms with van der Waals surface area (Å²) in [6, 6.07) is 0. The van der Waals surface area contributed by atoms with Gasteiger partial charge in [0.25, 0.3) is 0 Å². The highest BCUT2D eigenvalue weighted by Gasteiger charge is 2.35. The second-order valence-corrected chi connectivity index (χ2v) is 7.62. The minimum absolute atomic E-state index is 0.0406. The molecular formula is C15H19ClN4OS. The van der Waals surface area contributed by atoms with Crippen LogP contribution in [0.2, 0.25) is 4.34 Å². The van der Waals surface area contributed by atoms with Crippen molar-refractivity contribution in [3.63, 3.8) is 0 Å². The van der Waals surface area contributed by atoms with Crippen molar-refractivity contribution in [2.45, 2.75) is 38.1 Å². The largest absolute Gasteiger partial charge is 0.343 e. The highest BCUT2D eigenvalue weighted by Crippen LogP contribution is 2.38. The molecule has 0 bridgehead atoms. The molecular weight excluding hydrogens is 320 g/mol. The maximum atomic E-state index is 12.3. The Labute approximate surface area is 138 Å². The van der Waals surface area contributed by atoms with Gasteiger partial charge in [0, 0.05) is 43.9 Å². The molecule has 0 radical (unpaired) electrons. The molecule has 1 fully saturated rings. The third kappa shape index (κ3) is 3.33. The van der Waals surface area contributed by atoms with Gasteiger partial charge in [-0.2, -0.15) is 0 Å². The Morgan fingerprint density at radius 2 is 2.23 bits per heavy atom. The summed E-state index contributed by atoms with van der Waals surface area (Å²) in [6.07, 6.45) is 9.47. The monoisotopic (exact) mass is 338 g/mol. The summed E-state index contributed by atoms with van der Waals surface area (Å²) in [6.45, 7) is 4.48. The van der Waals surface area contributed by atoms with Crippen LogP contribution >= 0.6 is 22.9 Å². The molecule has 0 atom stereocenters. The van der Waals surface area contributed by atoms with Crippen molar-refractivity contribution in [3.05, 3.63) is 34.3 Å². The van der Waals surface area contributed by atoms with Gasteiger partial charge in [-0.05, 0) is 12.8 Å². The van der Waals surface area contributed by atoms with Crippen molar-refractivity contribution in [2.75, 3.05) is 13.1 Å². The summed E-state index contributed by atoms with van der Waals surface area (Å²) in [7, 11) is 0. The second kappa shape index (κ2) is 6.38. The van der Waals surface area contributed by atoms with Crippen LogP contribution in [0.25, 0.3) is 0 Å². The summed E-state index contributed by atoms with van der Waals surface area (Å²) in [5.41, 5.74) is 0.0406. The van der Waals surface area contributed by atoms with Gasteiger partial charge in [0.2, 0.25) is 5.91 Å². The molecule has 1 saturated heterocycles. The predicted octanol–water partition coefficient (Wildman–Crippen LogP) is 2.96. The SMILES string of the molecule is CC1(c2ncc(Cl)s2)CCN(C(=O)CCn2ccnc2)CC1. The number of rotatable bonds is 4. The van der Waals surface area contributed by atoms with E-state index in [1.54, 1.807) is 30.1 Å². The molecule has 1 aliphatic rings. The van der Waals surface area contributed by atoms with Crippen LogP contribution in [-0.4, -0.2) is 38.4 Å². The quantitative estimate of drug-likeness (QED) is 0.861. The van der Waals surface area contributed by atoms with Gasteiger partial charge in [0.05, 0.1) is 12.5 Å². The lowest BCUT2D eigenvalue weighted by molar-refractivity contribution is -0.133. The topological polar surface area (TPSA) is 51.0 Å². The maximum absolute atomic E-state index is 12.3.